The molecule has 0 unspecified atom stereocenters. The number of unbranched alkanes of at least 4 members (excludes halogenated alkanes) is 1. The molecule has 0 aliphatic rings. The maximum absolute atomic E-state index is 11.3. The van der Waals surface area contributed by atoms with Gasteiger partial charge in [-0.25, -0.2) is 4.79 Å². The van der Waals surface area contributed by atoms with Crippen LogP contribution in [0.25, 0.3) is 6.08 Å². The molecule has 1 N–H and O–H groups in total. The number of carboxylic acid groups (broad SMARTS) is 1. The van der Waals surface area contributed by atoms with Crippen LogP contribution in [0, 0.1) is 0 Å². The van der Waals surface area contributed by atoms with Gasteiger partial charge in [0.1, 0.15) is 11.5 Å². The first-order valence-corrected chi connectivity index (χ1v) is 10.5. The van der Waals surface area contributed by atoms with Crippen molar-refractivity contribution in [1.29, 1.82) is 0 Å². The van der Waals surface area contributed by atoms with Crippen molar-refractivity contribution in [3.8, 4) is 11.5 Å². The number of aryl methyl sites for hydroxylation is 2. The molecule has 0 heterocycles. The number of hydrogen-bond donors (Lipinski definition) is 1. The number of carboxylic acids is 1. The summed E-state index contributed by atoms with van der Waals surface area (Å²) in [7, 11) is 1.67. The molecule has 0 fully saturated rings. The van der Waals surface area contributed by atoms with Crippen LogP contribution < -0.4 is 9.47 Å². The van der Waals surface area contributed by atoms with Crippen LogP contribution in [-0.4, -0.2) is 31.4 Å². The van der Waals surface area contributed by atoms with Gasteiger partial charge < -0.3 is 19.3 Å². The van der Waals surface area contributed by atoms with Gasteiger partial charge in [0, 0.05) is 0 Å². The molecule has 0 aliphatic carbocycles. The van der Waals surface area contributed by atoms with E-state index in [1.54, 1.807) is 20.1 Å². The molecular formula is C25H32O5. The van der Waals surface area contributed by atoms with Crippen LogP contribution in [0.15, 0.2) is 48.2 Å². The second-order valence-corrected chi connectivity index (χ2v) is 7.02. The van der Waals surface area contributed by atoms with Crippen molar-refractivity contribution in [1.82, 2.24) is 0 Å². The average molecular weight is 413 g/mol. The van der Waals surface area contributed by atoms with Gasteiger partial charge in [-0.15, -0.1) is 0 Å². The fourth-order valence-electron chi connectivity index (χ4n) is 3.08. The normalized spacial score (nSPS) is 11.2. The molecule has 0 amide bonds. The first-order chi connectivity index (χ1) is 14.6. The van der Waals surface area contributed by atoms with Gasteiger partial charge in [-0.2, -0.15) is 0 Å². The van der Waals surface area contributed by atoms with Gasteiger partial charge in [-0.3, -0.25) is 0 Å². The molecule has 30 heavy (non-hydrogen) atoms. The molecule has 0 saturated heterocycles. The first-order valence-electron chi connectivity index (χ1n) is 10.5. The van der Waals surface area contributed by atoms with Crippen molar-refractivity contribution in [2.24, 2.45) is 0 Å². The van der Waals surface area contributed by atoms with Crippen molar-refractivity contribution in [3.63, 3.8) is 0 Å². The lowest BCUT2D eigenvalue weighted by Gasteiger charge is -2.13. The zero-order valence-electron chi connectivity index (χ0n) is 18.1. The maximum Gasteiger partial charge on any atom is 0.371 e. The van der Waals surface area contributed by atoms with Gasteiger partial charge in [-0.1, -0.05) is 37.6 Å². The Hall–Kier alpha value is -2.95. The molecule has 162 valence electrons. The maximum atomic E-state index is 11.3. The molecule has 2 aromatic rings. The van der Waals surface area contributed by atoms with E-state index < -0.39 is 5.97 Å². The molecule has 2 aromatic carbocycles. The van der Waals surface area contributed by atoms with Crippen molar-refractivity contribution in [2.75, 3.05) is 20.3 Å². The first kappa shape index (κ1) is 23.3. The SMILES string of the molecule is CCCCOc1cc(C=C(OCC)C(=O)O)ccc1CCCc1ccc(OC)cc1. The van der Waals surface area contributed by atoms with Crippen LogP contribution in [0.5, 0.6) is 11.5 Å². The highest BCUT2D eigenvalue weighted by Crippen LogP contribution is 2.25. The molecule has 0 atom stereocenters. The second kappa shape index (κ2) is 12.6. The van der Waals surface area contributed by atoms with E-state index in [1.165, 1.54) is 5.56 Å². The highest BCUT2D eigenvalue weighted by atomic mass is 16.5. The standard InChI is InChI=1S/C25H32O5/c1-4-6-16-30-23-17-20(18-24(25(26)27)29-5-2)10-13-21(23)9-7-8-19-11-14-22(28-3)15-12-19/h10-15,17-18H,4-9,16H2,1-3H3,(H,26,27). The Kier molecular flexibility index (Phi) is 9.78. The van der Waals surface area contributed by atoms with E-state index in [0.717, 1.165) is 54.7 Å². The van der Waals surface area contributed by atoms with Crippen LogP contribution in [0.2, 0.25) is 0 Å². The molecule has 5 nitrogen and oxygen atoms in total. The van der Waals surface area contributed by atoms with Gasteiger partial charge in [0.05, 0.1) is 20.3 Å². The minimum Gasteiger partial charge on any atom is -0.497 e. The molecule has 5 heteroatoms. The average Bonchev–Trinajstić information content (AvgIpc) is 2.75. The number of ether oxygens (including phenoxy) is 3. The Morgan fingerprint density at radius 2 is 1.80 bits per heavy atom. The fourth-order valence-corrected chi connectivity index (χ4v) is 3.08. The predicted molar refractivity (Wildman–Crippen MR) is 119 cm³/mol. The molecule has 0 aliphatic heterocycles. The summed E-state index contributed by atoms with van der Waals surface area (Å²) in [5.74, 6) is 0.535. The lowest BCUT2D eigenvalue weighted by Crippen LogP contribution is -2.05. The molecule has 0 radical (unpaired) electrons. The lowest BCUT2D eigenvalue weighted by atomic mass is 10.0. The Labute approximate surface area is 179 Å². The summed E-state index contributed by atoms with van der Waals surface area (Å²) in [4.78, 5) is 11.3. The van der Waals surface area contributed by atoms with Crippen LogP contribution in [0.1, 0.15) is 49.8 Å². The van der Waals surface area contributed by atoms with E-state index in [-0.39, 0.29) is 5.76 Å². The lowest BCUT2D eigenvalue weighted by molar-refractivity contribution is -0.136. The number of methoxy groups -OCH3 is 1. The number of hydrogen-bond acceptors (Lipinski definition) is 4. The third-order valence-electron chi connectivity index (χ3n) is 4.73. The number of aliphatic carboxylic acids is 1. The third-order valence-corrected chi connectivity index (χ3v) is 4.73. The predicted octanol–water partition coefficient (Wildman–Crippen LogP) is 5.51. The Morgan fingerprint density at radius 1 is 1.03 bits per heavy atom. The highest BCUT2D eigenvalue weighted by Gasteiger charge is 2.10. The Morgan fingerprint density at radius 3 is 2.43 bits per heavy atom. The van der Waals surface area contributed by atoms with Crippen LogP contribution in [-0.2, 0) is 22.4 Å². The quantitative estimate of drug-likeness (QED) is 0.267. The fraction of sp³-hybridized carbons (Fsp3) is 0.400. The van der Waals surface area contributed by atoms with Crippen molar-refractivity contribution in [2.45, 2.75) is 46.0 Å². The van der Waals surface area contributed by atoms with E-state index in [1.807, 2.05) is 30.3 Å². The summed E-state index contributed by atoms with van der Waals surface area (Å²) in [6.45, 7) is 4.84. The van der Waals surface area contributed by atoms with Gasteiger partial charge >= 0.3 is 5.97 Å². The number of carbonyl (C=O) groups is 1. The zero-order valence-corrected chi connectivity index (χ0v) is 18.1. The van der Waals surface area contributed by atoms with E-state index in [9.17, 15) is 9.90 Å². The number of benzene rings is 2. The summed E-state index contributed by atoms with van der Waals surface area (Å²) in [6, 6.07) is 14.0. The summed E-state index contributed by atoms with van der Waals surface area (Å²) < 4.78 is 16.4. The molecule has 0 bridgehead atoms. The van der Waals surface area contributed by atoms with Crippen molar-refractivity contribution < 1.29 is 24.1 Å². The summed E-state index contributed by atoms with van der Waals surface area (Å²) in [5.41, 5.74) is 3.16. The highest BCUT2D eigenvalue weighted by molar-refractivity contribution is 5.89. The summed E-state index contributed by atoms with van der Waals surface area (Å²) in [6.07, 6.45) is 6.41. The van der Waals surface area contributed by atoms with Gasteiger partial charge in [0.15, 0.2) is 0 Å². The van der Waals surface area contributed by atoms with Crippen molar-refractivity contribution in [3.05, 3.63) is 64.9 Å². The van der Waals surface area contributed by atoms with Crippen LogP contribution >= 0.6 is 0 Å². The van der Waals surface area contributed by atoms with E-state index >= 15 is 0 Å². The minimum absolute atomic E-state index is 0.0655. The van der Waals surface area contributed by atoms with Gasteiger partial charge in [-0.05, 0) is 73.6 Å². The monoisotopic (exact) mass is 412 g/mol. The van der Waals surface area contributed by atoms with Gasteiger partial charge in [0.2, 0.25) is 5.76 Å². The molecule has 0 saturated carbocycles. The molecule has 0 spiro atoms. The van der Waals surface area contributed by atoms with Crippen LogP contribution in [0.4, 0.5) is 0 Å². The largest absolute Gasteiger partial charge is 0.497 e. The van der Waals surface area contributed by atoms with E-state index in [4.69, 9.17) is 14.2 Å². The topological polar surface area (TPSA) is 65.0 Å². The second-order valence-electron chi connectivity index (χ2n) is 7.02. The third kappa shape index (κ3) is 7.47. The van der Waals surface area contributed by atoms with Crippen molar-refractivity contribution >= 4 is 12.0 Å². The molecular weight excluding hydrogens is 380 g/mol. The van der Waals surface area contributed by atoms with Crippen LogP contribution in [0.3, 0.4) is 0 Å². The van der Waals surface area contributed by atoms with E-state index in [0.29, 0.717) is 13.2 Å². The molecule has 2 rings (SSSR count). The zero-order chi connectivity index (χ0) is 21.8. The summed E-state index contributed by atoms with van der Waals surface area (Å²) in [5, 5.41) is 9.29. The smallest absolute Gasteiger partial charge is 0.371 e. The summed E-state index contributed by atoms with van der Waals surface area (Å²) >= 11 is 0. The van der Waals surface area contributed by atoms with Gasteiger partial charge in [0.25, 0.3) is 0 Å². The Bertz CT molecular complexity index is 824. The Balaban J connectivity index is 2.11. The molecule has 0 aromatic heterocycles. The number of rotatable bonds is 13. The minimum atomic E-state index is -1.08. The van der Waals surface area contributed by atoms with E-state index in [2.05, 4.69) is 19.1 Å².